The summed E-state index contributed by atoms with van der Waals surface area (Å²) in [5.74, 6) is 1.89. The molecule has 0 saturated carbocycles. The van der Waals surface area contributed by atoms with E-state index in [0.717, 1.165) is 0 Å². The minimum absolute atomic E-state index is 0.0997. The van der Waals surface area contributed by atoms with E-state index in [1.165, 1.54) is 53.7 Å². The number of ether oxygens (including phenoxy) is 7. The summed E-state index contributed by atoms with van der Waals surface area (Å²) in [5.41, 5.74) is 1.23. The second-order valence-corrected chi connectivity index (χ2v) is 7.52. The van der Waals surface area contributed by atoms with E-state index in [1.807, 2.05) is 0 Å². The van der Waals surface area contributed by atoms with E-state index in [-0.39, 0.29) is 28.6 Å². The van der Waals surface area contributed by atoms with Crippen molar-refractivity contribution in [3.63, 3.8) is 0 Å². The van der Waals surface area contributed by atoms with Gasteiger partial charge in [-0.3, -0.25) is 4.79 Å². The van der Waals surface area contributed by atoms with E-state index in [4.69, 9.17) is 33.2 Å². The molecule has 1 aliphatic rings. The quantitative estimate of drug-likeness (QED) is 0.254. The molecule has 0 fully saturated rings. The molecule has 1 heterocycles. The van der Waals surface area contributed by atoms with Gasteiger partial charge in [0.15, 0.2) is 28.8 Å². The molecule has 0 bridgehead atoms. The number of fused-ring (bicyclic) bond motifs is 1. The molecule has 0 N–H and O–H groups in total. The lowest BCUT2D eigenvalue weighted by Gasteiger charge is -2.13. The highest BCUT2D eigenvalue weighted by Crippen LogP contribution is 2.40. The third-order valence-electron chi connectivity index (χ3n) is 5.46. The number of rotatable bonds is 8. The number of esters is 1. The van der Waals surface area contributed by atoms with Gasteiger partial charge in [0.1, 0.15) is 11.5 Å². The molecule has 0 radical (unpaired) electrons. The summed E-state index contributed by atoms with van der Waals surface area (Å²) in [4.78, 5) is 25.6. The number of hydrogen-bond donors (Lipinski definition) is 0. The highest BCUT2D eigenvalue weighted by molar-refractivity contribution is 6.14. The number of methoxy groups -OCH3 is 5. The van der Waals surface area contributed by atoms with Crippen LogP contribution in [0.15, 0.2) is 54.3 Å². The fourth-order valence-corrected chi connectivity index (χ4v) is 3.70. The van der Waals surface area contributed by atoms with E-state index < -0.39 is 5.97 Å². The van der Waals surface area contributed by atoms with E-state index in [2.05, 4.69) is 0 Å². The summed E-state index contributed by atoms with van der Waals surface area (Å²) in [6, 6.07) is 12.7. The molecule has 3 aromatic carbocycles. The van der Waals surface area contributed by atoms with Gasteiger partial charge in [-0.05, 0) is 54.1 Å². The molecule has 1 aliphatic heterocycles. The summed E-state index contributed by atoms with van der Waals surface area (Å²) in [6.07, 6.45) is 1.57. The SMILES string of the molecule is COc1ccc(C(=O)Oc2ccc3c(c2)O/C(=C\c2cc(OC)c(OC)c(OC)c2)C3=O)cc1OC. The molecule has 3 aromatic rings. The van der Waals surface area contributed by atoms with Gasteiger partial charge in [0.05, 0.1) is 46.7 Å². The fraction of sp³-hybridized carbons (Fsp3) is 0.185. The van der Waals surface area contributed by atoms with Crippen molar-refractivity contribution >= 4 is 17.8 Å². The molecule has 4 rings (SSSR count). The van der Waals surface area contributed by atoms with Gasteiger partial charge < -0.3 is 33.2 Å². The lowest BCUT2D eigenvalue weighted by Crippen LogP contribution is -2.09. The molecular weight excluding hydrogens is 468 g/mol. The third kappa shape index (κ3) is 4.63. The monoisotopic (exact) mass is 492 g/mol. The van der Waals surface area contributed by atoms with Gasteiger partial charge in [-0.2, -0.15) is 0 Å². The third-order valence-corrected chi connectivity index (χ3v) is 5.46. The molecule has 36 heavy (non-hydrogen) atoms. The first-order chi connectivity index (χ1) is 17.4. The van der Waals surface area contributed by atoms with Gasteiger partial charge in [0.2, 0.25) is 11.5 Å². The predicted molar refractivity (Wildman–Crippen MR) is 130 cm³/mol. The minimum Gasteiger partial charge on any atom is -0.493 e. The lowest BCUT2D eigenvalue weighted by molar-refractivity contribution is 0.0734. The summed E-state index contributed by atoms with van der Waals surface area (Å²) < 4.78 is 37.8. The van der Waals surface area contributed by atoms with Gasteiger partial charge in [-0.25, -0.2) is 4.79 Å². The number of ketones is 1. The summed E-state index contributed by atoms with van der Waals surface area (Å²) in [5, 5.41) is 0. The van der Waals surface area contributed by atoms with Crippen molar-refractivity contribution in [2.75, 3.05) is 35.5 Å². The first-order valence-electron chi connectivity index (χ1n) is 10.7. The van der Waals surface area contributed by atoms with Gasteiger partial charge in [-0.1, -0.05) is 0 Å². The molecule has 0 saturated heterocycles. The average Bonchev–Trinajstić information content (AvgIpc) is 3.21. The number of benzene rings is 3. The predicted octanol–water partition coefficient (Wildman–Crippen LogP) is 4.57. The van der Waals surface area contributed by atoms with Crippen LogP contribution in [0.4, 0.5) is 0 Å². The Balaban J connectivity index is 1.57. The number of hydrogen-bond acceptors (Lipinski definition) is 9. The minimum atomic E-state index is -0.603. The first kappa shape index (κ1) is 24.5. The highest BCUT2D eigenvalue weighted by Gasteiger charge is 2.28. The molecule has 0 spiro atoms. The number of allylic oxidation sites excluding steroid dienone is 1. The van der Waals surface area contributed by atoms with Crippen LogP contribution in [0.25, 0.3) is 6.08 Å². The van der Waals surface area contributed by atoms with E-state index in [0.29, 0.717) is 39.9 Å². The van der Waals surface area contributed by atoms with Gasteiger partial charge in [0, 0.05) is 6.07 Å². The van der Waals surface area contributed by atoms with Crippen LogP contribution < -0.4 is 33.2 Å². The second-order valence-electron chi connectivity index (χ2n) is 7.52. The molecular formula is C27H24O9. The second kappa shape index (κ2) is 10.3. The van der Waals surface area contributed by atoms with Crippen molar-refractivity contribution in [3.05, 3.63) is 71.0 Å². The Hall–Kier alpha value is -4.66. The lowest BCUT2D eigenvalue weighted by atomic mass is 10.1. The Kier molecular flexibility index (Phi) is 7.00. The van der Waals surface area contributed by atoms with E-state index in [9.17, 15) is 9.59 Å². The highest BCUT2D eigenvalue weighted by atomic mass is 16.5. The van der Waals surface area contributed by atoms with Crippen molar-refractivity contribution in [3.8, 4) is 40.2 Å². The summed E-state index contributed by atoms with van der Waals surface area (Å²) in [6.45, 7) is 0. The van der Waals surface area contributed by atoms with Crippen LogP contribution in [0.5, 0.6) is 40.2 Å². The molecule has 9 nitrogen and oxygen atoms in total. The normalized spacial score (nSPS) is 13.0. The molecule has 0 atom stereocenters. The van der Waals surface area contributed by atoms with Crippen molar-refractivity contribution in [2.24, 2.45) is 0 Å². The Labute approximate surface area is 207 Å². The van der Waals surface area contributed by atoms with E-state index >= 15 is 0 Å². The van der Waals surface area contributed by atoms with Gasteiger partial charge in [-0.15, -0.1) is 0 Å². The van der Waals surface area contributed by atoms with Crippen LogP contribution in [-0.2, 0) is 0 Å². The average molecular weight is 492 g/mol. The molecule has 0 aliphatic carbocycles. The topological polar surface area (TPSA) is 98.8 Å². The van der Waals surface area contributed by atoms with Crippen LogP contribution in [0.2, 0.25) is 0 Å². The zero-order chi connectivity index (χ0) is 25.8. The van der Waals surface area contributed by atoms with Gasteiger partial charge >= 0.3 is 5.97 Å². The van der Waals surface area contributed by atoms with Gasteiger partial charge in [0.25, 0.3) is 0 Å². The van der Waals surface area contributed by atoms with Crippen molar-refractivity contribution in [1.29, 1.82) is 0 Å². The molecule has 0 aromatic heterocycles. The summed E-state index contributed by atoms with van der Waals surface area (Å²) >= 11 is 0. The molecule has 186 valence electrons. The largest absolute Gasteiger partial charge is 0.493 e. The smallest absolute Gasteiger partial charge is 0.343 e. The van der Waals surface area contributed by atoms with E-state index in [1.54, 1.807) is 36.4 Å². The molecule has 0 amide bonds. The zero-order valence-corrected chi connectivity index (χ0v) is 20.4. The number of carbonyl (C=O) groups excluding carboxylic acids is 2. The Morgan fingerprint density at radius 1 is 0.750 bits per heavy atom. The van der Waals surface area contributed by atoms with Crippen LogP contribution in [0.1, 0.15) is 26.3 Å². The zero-order valence-electron chi connectivity index (χ0n) is 20.4. The Morgan fingerprint density at radius 3 is 2.03 bits per heavy atom. The number of Topliss-reactive ketones (excluding diaryl/α,β-unsaturated/α-hetero) is 1. The van der Waals surface area contributed by atoms with Crippen molar-refractivity contribution in [1.82, 2.24) is 0 Å². The van der Waals surface area contributed by atoms with Crippen molar-refractivity contribution < 1.29 is 42.7 Å². The van der Waals surface area contributed by atoms with Crippen LogP contribution in [0.3, 0.4) is 0 Å². The maximum Gasteiger partial charge on any atom is 0.343 e. The molecule has 9 heteroatoms. The van der Waals surface area contributed by atoms with Crippen LogP contribution >= 0.6 is 0 Å². The summed E-state index contributed by atoms with van der Waals surface area (Å²) in [7, 11) is 7.50. The number of carbonyl (C=O) groups is 2. The van der Waals surface area contributed by atoms with Crippen LogP contribution in [-0.4, -0.2) is 47.3 Å². The maximum absolute atomic E-state index is 12.9. The standard InChI is InChI=1S/C27H24O9/c1-30-19-9-6-16(13-21(19)31-2)27(29)35-17-7-8-18-20(14-17)36-22(25(18)28)10-15-11-23(32-3)26(34-5)24(12-15)33-4/h6-14H,1-5H3/b22-10-. The van der Waals surface area contributed by atoms with Crippen molar-refractivity contribution in [2.45, 2.75) is 0 Å². The Bertz CT molecular complexity index is 1330. The van der Waals surface area contributed by atoms with Crippen LogP contribution in [0, 0.1) is 0 Å². The first-order valence-corrected chi connectivity index (χ1v) is 10.7. The Morgan fingerprint density at radius 2 is 1.42 bits per heavy atom. The fourth-order valence-electron chi connectivity index (χ4n) is 3.70. The molecule has 0 unspecified atom stereocenters. The maximum atomic E-state index is 12.9.